The van der Waals surface area contributed by atoms with Crippen molar-refractivity contribution in [1.82, 2.24) is 28.9 Å². The van der Waals surface area contributed by atoms with Gasteiger partial charge in [-0.05, 0) is 118 Å². The van der Waals surface area contributed by atoms with Gasteiger partial charge in [-0.15, -0.1) is 0 Å². The standard InChI is InChI=1S/3C12H18N4/c1-7-9(3)15(11(5)13-7)16-10(4)8(2)14-12(16)6;1-7-8(2)15-12(6,14-7)16-10(4)9(3)13-11(16)5;1-7-8(2)14-11(5,13-7)12(6)15-9(3)10(4)16-12/h3*1-6H3. The first kappa shape index (κ1) is 36.5. The summed E-state index contributed by atoms with van der Waals surface area (Å²) in [6, 6.07) is 0. The van der Waals surface area contributed by atoms with Crippen molar-refractivity contribution in [2.45, 2.75) is 142 Å². The molecule has 0 fully saturated rings. The van der Waals surface area contributed by atoms with E-state index in [4.69, 9.17) is 0 Å². The van der Waals surface area contributed by atoms with E-state index in [2.05, 4.69) is 79.6 Å². The van der Waals surface area contributed by atoms with Crippen LogP contribution in [0.15, 0.2) is 30.0 Å². The lowest BCUT2D eigenvalue weighted by molar-refractivity contribution is 0.297. The second kappa shape index (κ2) is 12.6. The van der Waals surface area contributed by atoms with Crippen LogP contribution in [0, 0.1) is 62.3 Å². The van der Waals surface area contributed by atoms with Gasteiger partial charge >= 0.3 is 0 Å². The molecule has 0 saturated heterocycles. The van der Waals surface area contributed by atoms with Crippen molar-refractivity contribution in [3.63, 3.8) is 0 Å². The summed E-state index contributed by atoms with van der Waals surface area (Å²) in [7, 11) is 0. The first-order chi connectivity index (χ1) is 22.1. The van der Waals surface area contributed by atoms with Crippen molar-refractivity contribution in [3.05, 3.63) is 51.6 Å². The number of aliphatic imine (C=N–C) groups is 6. The van der Waals surface area contributed by atoms with Gasteiger partial charge in [0.2, 0.25) is 5.79 Å². The summed E-state index contributed by atoms with van der Waals surface area (Å²) >= 11 is 0. The molecule has 0 aliphatic carbocycles. The first-order valence-corrected chi connectivity index (χ1v) is 16.5. The van der Waals surface area contributed by atoms with Gasteiger partial charge in [0.1, 0.15) is 17.5 Å². The van der Waals surface area contributed by atoms with Crippen LogP contribution in [0.4, 0.5) is 0 Å². The van der Waals surface area contributed by atoms with Crippen LogP contribution >= 0.6 is 0 Å². The normalized spacial score (nSPS) is 18.6. The molecule has 0 N–H and O–H groups in total. The van der Waals surface area contributed by atoms with Crippen molar-refractivity contribution in [1.29, 1.82) is 0 Å². The van der Waals surface area contributed by atoms with Crippen LogP contribution in [0.1, 0.15) is 114 Å². The van der Waals surface area contributed by atoms with Crippen LogP contribution in [0.3, 0.4) is 0 Å². The average Bonchev–Trinajstić information content (AvgIpc) is 3.72. The van der Waals surface area contributed by atoms with Crippen LogP contribution in [-0.2, 0) is 5.79 Å². The number of imidazole rings is 3. The highest BCUT2D eigenvalue weighted by molar-refractivity contribution is 6.43. The van der Waals surface area contributed by atoms with E-state index in [1.165, 1.54) is 11.4 Å². The van der Waals surface area contributed by atoms with E-state index in [9.17, 15) is 0 Å². The summed E-state index contributed by atoms with van der Waals surface area (Å²) in [5, 5.41) is 0. The Hall–Kier alpha value is -4.35. The Morgan fingerprint density at radius 2 is 0.625 bits per heavy atom. The average molecular weight is 655 g/mol. The predicted octanol–water partition coefficient (Wildman–Crippen LogP) is 6.91. The maximum Gasteiger partial charge on any atom is 0.229 e. The van der Waals surface area contributed by atoms with Gasteiger partial charge in [-0.1, -0.05) is 0 Å². The summed E-state index contributed by atoms with van der Waals surface area (Å²) in [6.45, 7) is 36.3. The lowest BCUT2D eigenvalue weighted by Crippen LogP contribution is -2.42. The fourth-order valence-corrected chi connectivity index (χ4v) is 6.55. The van der Waals surface area contributed by atoms with E-state index in [1.54, 1.807) is 0 Å². The minimum absolute atomic E-state index is 0.538. The molecule has 0 radical (unpaired) electrons. The smallest absolute Gasteiger partial charge is 0.229 e. The van der Waals surface area contributed by atoms with Gasteiger partial charge < -0.3 is 0 Å². The minimum Gasteiger partial charge on any atom is -0.288 e. The molecule has 258 valence electrons. The van der Waals surface area contributed by atoms with Crippen LogP contribution in [-0.4, -0.2) is 74.5 Å². The highest BCUT2D eigenvalue weighted by Gasteiger charge is 2.49. The number of nitrogens with zero attached hydrogens (tertiary/aromatic N) is 12. The number of aryl methyl sites for hydroxylation is 6. The van der Waals surface area contributed by atoms with Gasteiger partial charge in [0.15, 0.2) is 11.3 Å². The monoisotopic (exact) mass is 654 g/mol. The molecule has 0 atom stereocenters. The molecule has 6 heterocycles. The Labute approximate surface area is 286 Å². The van der Waals surface area contributed by atoms with E-state index >= 15 is 0 Å². The quantitative estimate of drug-likeness (QED) is 0.305. The molecule has 0 amide bonds. The highest BCUT2D eigenvalue weighted by atomic mass is 15.5. The van der Waals surface area contributed by atoms with Gasteiger partial charge in [0, 0.05) is 12.6 Å². The second-order valence-electron chi connectivity index (χ2n) is 13.6. The Morgan fingerprint density at radius 3 is 0.875 bits per heavy atom. The zero-order valence-corrected chi connectivity index (χ0v) is 32.4. The van der Waals surface area contributed by atoms with Crippen LogP contribution in [0.25, 0.3) is 0 Å². The molecule has 12 nitrogen and oxygen atoms in total. The van der Waals surface area contributed by atoms with Gasteiger partial charge in [0.05, 0.1) is 62.7 Å². The number of aromatic nitrogens is 6. The summed E-state index contributed by atoms with van der Waals surface area (Å²) in [5.41, 5.74) is 11.4. The summed E-state index contributed by atoms with van der Waals surface area (Å²) in [6.07, 6.45) is 0. The maximum absolute atomic E-state index is 4.64. The molecule has 0 spiro atoms. The zero-order valence-electron chi connectivity index (χ0n) is 32.4. The second-order valence-corrected chi connectivity index (χ2v) is 13.6. The summed E-state index contributed by atoms with van der Waals surface area (Å²) in [5.74, 6) is 2.42. The Balaban J connectivity index is 0.000000163. The summed E-state index contributed by atoms with van der Waals surface area (Å²) < 4.78 is 6.35. The van der Waals surface area contributed by atoms with Crippen LogP contribution < -0.4 is 0 Å². The SMILES string of the molecule is CC1=NC(C)(C2(C)N=C(C)C(C)=N2)N=C1C.CC1=NC(C)(n2c(C)nc(C)c2C)N=C1C.Cc1nc(C)n(-n2c(C)nc(C)c2C)c1C. The van der Waals surface area contributed by atoms with Crippen molar-refractivity contribution < 1.29 is 0 Å². The summed E-state index contributed by atoms with van der Waals surface area (Å²) in [4.78, 5) is 41.2. The van der Waals surface area contributed by atoms with Gasteiger partial charge in [-0.3, -0.25) is 24.5 Å². The third-order valence-corrected chi connectivity index (χ3v) is 9.86. The Morgan fingerprint density at radius 1 is 0.354 bits per heavy atom. The van der Waals surface area contributed by atoms with Crippen molar-refractivity contribution in [2.75, 3.05) is 0 Å². The fraction of sp³-hybridized carbons (Fsp3) is 0.583. The molecule has 6 rings (SSSR count). The molecule has 0 unspecified atom stereocenters. The molecule has 48 heavy (non-hydrogen) atoms. The van der Waals surface area contributed by atoms with Gasteiger partial charge in [0.25, 0.3) is 0 Å². The predicted molar refractivity (Wildman–Crippen MR) is 199 cm³/mol. The number of hydrogen-bond donors (Lipinski definition) is 0. The van der Waals surface area contributed by atoms with E-state index in [-0.39, 0.29) is 0 Å². The molecule has 3 aliphatic heterocycles. The molecular formula is C36H54N12. The van der Waals surface area contributed by atoms with E-state index < -0.39 is 17.1 Å². The topological polar surface area (TPSA) is 128 Å². The van der Waals surface area contributed by atoms with Crippen molar-refractivity contribution in [3.8, 4) is 0 Å². The molecule has 0 aromatic carbocycles. The third kappa shape index (κ3) is 6.28. The molecule has 3 aliphatic rings. The number of rotatable bonds is 3. The maximum atomic E-state index is 4.64. The van der Waals surface area contributed by atoms with Gasteiger partial charge in [-0.2, -0.15) is 0 Å². The molecule has 12 heteroatoms. The molecular weight excluding hydrogens is 600 g/mol. The lowest BCUT2D eigenvalue weighted by atomic mass is 9.99. The lowest BCUT2D eigenvalue weighted by Gasteiger charge is -2.31. The van der Waals surface area contributed by atoms with E-state index in [0.717, 1.165) is 74.5 Å². The van der Waals surface area contributed by atoms with Crippen LogP contribution in [0.5, 0.6) is 0 Å². The van der Waals surface area contributed by atoms with Crippen molar-refractivity contribution in [2.24, 2.45) is 30.0 Å². The molecule has 0 bridgehead atoms. The Kier molecular flexibility index (Phi) is 9.57. The zero-order chi connectivity index (χ0) is 36.3. The molecule has 0 saturated carbocycles. The minimum atomic E-state index is -0.583. The van der Waals surface area contributed by atoms with E-state index in [0.29, 0.717) is 0 Å². The van der Waals surface area contributed by atoms with Crippen molar-refractivity contribution >= 4 is 34.3 Å². The highest BCUT2D eigenvalue weighted by Crippen LogP contribution is 2.38. The third-order valence-electron chi connectivity index (χ3n) is 9.86. The van der Waals surface area contributed by atoms with Crippen LogP contribution in [0.2, 0.25) is 0 Å². The first-order valence-electron chi connectivity index (χ1n) is 16.5. The largest absolute Gasteiger partial charge is 0.288 e. The fourth-order valence-electron chi connectivity index (χ4n) is 6.55. The molecule has 3 aromatic heterocycles. The Bertz CT molecular complexity index is 1820. The molecule has 3 aromatic rings. The van der Waals surface area contributed by atoms with E-state index in [1.807, 2.05) is 104 Å². The van der Waals surface area contributed by atoms with Gasteiger partial charge in [-0.25, -0.2) is 34.3 Å². The number of hydrogen-bond acceptors (Lipinski definition) is 9.